The molecule has 2 aliphatic heterocycles. The molecule has 2 aliphatic rings. The van der Waals surface area contributed by atoms with Gasteiger partial charge in [0.2, 0.25) is 0 Å². The van der Waals surface area contributed by atoms with Crippen LogP contribution in [0.1, 0.15) is 153 Å². The minimum Gasteiger partial charge on any atom is -0.507 e. The summed E-state index contributed by atoms with van der Waals surface area (Å²) in [5.41, 5.74) is -0.689. The number of hydrogen-bond acceptors (Lipinski definition) is 7. The lowest BCUT2D eigenvalue weighted by atomic mass is 9.70. The van der Waals surface area contributed by atoms with Gasteiger partial charge >= 0.3 is 11.9 Å². The van der Waals surface area contributed by atoms with E-state index >= 15 is 0 Å². The number of aromatic hydroxyl groups is 1. The second-order valence-electron chi connectivity index (χ2n) is 20.1. The Kier molecular flexibility index (Phi) is 10.8. The van der Waals surface area contributed by atoms with Gasteiger partial charge in [-0.2, -0.15) is 0 Å². The van der Waals surface area contributed by atoms with Crippen LogP contribution in [0.3, 0.4) is 0 Å². The van der Waals surface area contributed by atoms with Crippen molar-refractivity contribution in [1.82, 2.24) is 9.80 Å². The maximum absolute atomic E-state index is 14.9. The highest BCUT2D eigenvalue weighted by Gasteiger charge is 2.55. The number of likely N-dealkylation sites (tertiary alicyclic amines) is 2. The third-order valence-electron chi connectivity index (χ3n) is 12.1. The van der Waals surface area contributed by atoms with E-state index in [2.05, 4.69) is 121 Å². The summed E-state index contributed by atoms with van der Waals surface area (Å²) in [6.45, 7) is 33.8. The SMILES string of the molecule is CC(C)C(Cc1cc(C(C)(C)C)c(O)c(C(C)(C)C)c1)(C(=O)OC1CC(C)(C)N(C)C(C)(C)C1)C(=O)OC1CC(C)(C)N(C)C(C)(C)C1. The molecule has 2 fully saturated rings. The first kappa shape index (κ1) is 40.3. The van der Waals surface area contributed by atoms with E-state index in [-0.39, 0.29) is 57.4 Å². The van der Waals surface area contributed by atoms with E-state index in [1.54, 1.807) is 0 Å². The lowest BCUT2D eigenvalue weighted by Gasteiger charge is -2.54. The number of benzene rings is 1. The van der Waals surface area contributed by atoms with Crippen LogP contribution in [0.15, 0.2) is 12.1 Å². The fourth-order valence-corrected chi connectivity index (χ4v) is 8.40. The topological polar surface area (TPSA) is 79.3 Å². The number of rotatable bonds is 7. The predicted molar refractivity (Wildman–Crippen MR) is 197 cm³/mol. The Balaban J connectivity index is 2.19. The Morgan fingerprint density at radius 3 is 1.25 bits per heavy atom. The molecule has 1 aromatic rings. The van der Waals surface area contributed by atoms with E-state index in [1.165, 1.54) is 0 Å². The number of hydrogen-bond donors (Lipinski definition) is 1. The van der Waals surface area contributed by atoms with Crippen LogP contribution in [0.25, 0.3) is 0 Å². The summed E-state index contributed by atoms with van der Waals surface area (Å²) in [4.78, 5) is 34.5. The summed E-state index contributed by atoms with van der Waals surface area (Å²) in [6.07, 6.45) is 2.10. The summed E-state index contributed by atoms with van der Waals surface area (Å²) in [5.74, 6) is -1.18. The van der Waals surface area contributed by atoms with Crippen molar-refractivity contribution in [3.05, 3.63) is 28.8 Å². The van der Waals surface area contributed by atoms with Gasteiger partial charge < -0.3 is 14.6 Å². The fourth-order valence-electron chi connectivity index (χ4n) is 8.40. The number of phenolic OH excluding ortho intramolecular Hbond substituents is 1. The first-order valence-corrected chi connectivity index (χ1v) is 18.2. The molecule has 7 heteroatoms. The van der Waals surface area contributed by atoms with Crippen molar-refractivity contribution in [1.29, 1.82) is 0 Å². The molecule has 7 nitrogen and oxygen atoms in total. The van der Waals surface area contributed by atoms with Crippen LogP contribution in [-0.2, 0) is 36.3 Å². The van der Waals surface area contributed by atoms with Crippen LogP contribution >= 0.6 is 0 Å². The van der Waals surface area contributed by atoms with Crippen LogP contribution in [0.5, 0.6) is 5.75 Å². The normalized spacial score (nSPS) is 22.5. The molecule has 2 saturated heterocycles. The van der Waals surface area contributed by atoms with E-state index in [1.807, 2.05) is 26.0 Å². The summed E-state index contributed by atoms with van der Waals surface area (Å²) in [5, 5.41) is 11.5. The van der Waals surface area contributed by atoms with Crippen LogP contribution in [0.4, 0.5) is 0 Å². The molecule has 0 bridgehead atoms. The van der Waals surface area contributed by atoms with Crippen LogP contribution < -0.4 is 0 Å². The molecule has 3 rings (SSSR count). The number of carbonyl (C=O) groups is 2. The minimum atomic E-state index is -1.59. The summed E-state index contributed by atoms with van der Waals surface area (Å²) >= 11 is 0. The van der Waals surface area contributed by atoms with Crippen molar-refractivity contribution in [3.8, 4) is 5.75 Å². The lowest BCUT2D eigenvalue weighted by molar-refractivity contribution is -0.191. The van der Waals surface area contributed by atoms with E-state index < -0.39 is 23.3 Å². The van der Waals surface area contributed by atoms with Gasteiger partial charge in [-0.15, -0.1) is 0 Å². The quantitative estimate of drug-likeness (QED) is 0.230. The smallest absolute Gasteiger partial charge is 0.324 e. The van der Waals surface area contributed by atoms with E-state index in [9.17, 15) is 14.7 Å². The Morgan fingerprint density at radius 2 is 1.00 bits per heavy atom. The van der Waals surface area contributed by atoms with Gasteiger partial charge in [-0.05, 0) is 109 Å². The highest BCUT2D eigenvalue weighted by molar-refractivity contribution is 6.01. The largest absolute Gasteiger partial charge is 0.507 e. The van der Waals surface area contributed by atoms with Crippen molar-refractivity contribution < 1.29 is 24.2 Å². The zero-order chi connectivity index (χ0) is 37.2. The first-order chi connectivity index (χ1) is 21.4. The molecule has 0 aliphatic carbocycles. The minimum absolute atomic E-state index is 0.119. The van der Waals surface area contributed by atoms with Gasteiger partial charge in [-0.25, -0.2) is 0 Å². The third kappa shape index (κ3) is 7.93. The van der Waals surface area contributed by atoms with Gasteiger partial charge in [0.1, 0.15) is 18.0 Å². The highest BCUT2D eigenvalue weighted by Crippen LogP contribution is 2.46. The summed E-state index contributed by atoms with van der Waals surface area (Å²) < 4.78 is 13.0. The van der Waals surface area contributed by atoms with Crippen molar-refractivity contribution in [2.75, 3.05) is 14.1 Å². The van der Waals surface area contributed by atoms with E-state index in [4.69, 9.17) is 9.47 Å². The maximum Gasteiger partial charge on any atom is 0.324 e. The van der Waals surface area contributed by atoms with Gasteiger partial charge in [0.25, 0.3) is 0 Å². The Hall–Kier alpha value is -2.12. The van der Waals surface area contributed by atoms with Crippen molar-refractivity contribution in [3.63, 3.8) is 0 Å². The van der Waals surface area contributed by atoms with Gasteiger partial charge in [-0.1, -0.05) is 67.5 Å². The van der Waals surface area contributed by atoms with Crippen LogP contribution in [0, 0.1) is 11.3 Å². The Morgan fingerprint density at radius 1 is 0.708 bits per heavy atom. The van der Waals surface area contributed by atoms with Gasteiger partial charge in [0, 0.05) is 47.8 Å². The molecule has 0 amide bonds. The third-order valence-corrected chi connectivity index (χ3v) is 12.1. The average molecular weight is 671 g/mol. The molecule has 48 heavy (non-hydrogen) atoms. The van der Waals surface area contributed by atoms with Crippen molar-refractivity contribution >= 4 is 11.9 Å². The average Bonchev–Trinajstić information content (AvgIpc) is 2.87. The molecule has 274 valence electrons. The van der Waals surface area contributed by atoms with Crippen LogP contribution in [-0.4, -0.2) is 75.3 Å². The predicted octanol–water partition coefficient (Wildman–Crippen LogP) is 8.56. The second kappa shape index (κ2) is 12.9. The number of phenols is 1. The standard InChI is InChI=1S/C41H70N2O5/c1-26(2)41(33(45)47-28-22-37(9,10)42(17)38(11,12)23-28,34(46)48-29-24-39(13,14)43(18)40(15,16)25-29)21-27-19-30(35(3,4)5)32(44)31(20-27)36(6,7)8/h19-20,26,28-29,44H,21-25H2,1-18H3. The molecule has 1 aromatic carbocycles. The van der Waals surface area contributed by atoms with Crippen molar-refractivity contribution in [2.45, 2.75) is 188 Å². The zero-order valence-electron chi connectivity index (χ0n) is 33.9. The molecule has 0 aromatic heterocycles. The Bertz CT molecular complexity index is 1230. The molecule has 0 spiro atoms. The lowest BCUT2D eigenvalue weighted by Crippen LogP contribution is -2.62. The number of carbonyl (C=O) groups excluding carboxylic acids is 2. The fraction of sp³-hybridized carbons (Fsp3) is 0.805. The van der Waals surface area contributed by atoms with Crippen molar-refractivity contribution in [2.24, 2.45) is 11.3 Å². The molecule has 1 N–H and O–H groups in total. The van der Waals surface area contributed by atoms with Gasteiger partial charge in [-0.3, -0.25) is 19.4 Å². The zero-order valence-corrected chi connectivity index (χ0v) is 33.9. The Labute approximate surface area is 293 Å². The second-order valence-corrected chi connectivity index (χ2v) is 20.1. The van der Waals surface area contributed by atoms with Gasteiger partial charge in [0.05, 0.1) is 0 Å². The number of esters is 2. The van der Waals surface area contributed by atoms with E-state index in [0.29, 0.717) is 25.7 Å². The monoisotopic (exact) mass is 671 g/mol. The molecule has 0 radical (unpaired) electrons. The molecule has 0 unspecified atom stereocenters. The molecular formula is C41H70N2O5. The number of ether oxygens (including phenoxy) is 2. The van der Waals surface area contributed by atoms with Gasteiger partial charge in [0.15, 0.2) is 5.41 Å². The number of piperidine rings is 2. The summed E-state index contributed by atoms with van der Waals surface area (Å²) in [7, 11) is 4.26. The molecule has 0 saturated carbocycles. The molecule has 0 atom stereocenters. The maximum atomic E-state index is 14.9. The molecule has 2 heterocycles. The van der Waals surface area contributed by atoms with E-state index in [0.717, 1.165) is 16.7 Å². The summed E-state index contributed by atoms with van der Waals surface area (Å²) in [6, 6.07) is 3.96. The first-order valence-electron chi connectivity index (χ1n) is 18.2. The van der Waals surface area contributed by atoms with Crippen LogP contribution in [0.2, 0.25) is 0 Å². The highest BCUT2D eigenvalue weighted by atomic mass is 16.6. The molecular weight excluding hydrogens is 600 g/mol. The number of nitrogens with zero attached hydrogens (tertiary/aromatic N) is 2.